The van der Waals surface area contributed by atoms with Crippen LogP contribution in [0, 0.1) is 6.92 Å². The molecule has 0 unspecified atom stereocenters. The van der Waals surface area contributed by atoms with Gasteiger partial charge in [-0.05, 0) is 26.0 Å². The second-order valence-corrected chi connectivity index (χ2v) is 8.34. The van der Waals surface area contributed by atoms with Gasteiger partial charge >= 0.3 is 0 Å². The highest BCUT2D eigenvalue weighted by Crippen LogP contribution is 2.27. The van der Waals surface area contributed by atoms with Crippen LogP contribution in [0.25, 0.3) is 10.6 Å². The minimum absolute atomic E-state index is 0. The first-order valence-corrected chi connectivity index (χ1v) is 9.55. The van der Waals surface area contributed by atoms with E-state index in [1.54, 1.807) is 22.5 Å². The summed E-state index contributed by atoms with van der Waals surface area (Å²) in [4.78, 5) is 4.77. The van der Waals surface area contributed by atoms with Crippen molar-refractivity contribution >= 4 is 33.8 Å². The number of benzene rings is 1. The lowest BCUT2D eigenvalue weighted by Crippen LogP contribution is -2.51. The normalized spacial score (nSPS) is 19.3. The summed E-state index contributed by atoms with van der Waals surface area (Å²) in [6.07, 6.45) is 0. The zero-order chi connectivity index (χ0) is 15.7. The van der Waals surface area contributed by atoms with Crippen molar-refractivity contribution in [3.63, 3.8) is 0 Å². The minimum Gasteiger partial charge on any atom is -0.312 e. The van der Waals surface area contributed by atoms with E-state index in [2.05, 4.69) is 10.3 Å². The molecule has 1 aliphatic rings. The largest absolute Gasteiger partial charge is 0.312 e. The van der Waals surface area contributed by atoms with Crippen molar-refractivity contribution in [3.8, 4) is 10.6 Å². The molecule has 0 amide bonds. The van der Waals surface area contributed by atoms with Crippen molar-refractivity contribution in [1.29, 1.82) is 0 Å². The number of halogens is 1. The molecule has 0 aliphatic carbocycles. The van der Waals surface area contributed by atoms with Crippen LogP contribution in [0.1, 0.15) is 12.6 Å². The smallest absolute Gasteiger partial charge is 0.243 e. The Morgan fingerprint density at radius 3 is 2.83 bits per heavy atom. The fourth-order valence-electron chi connectivity index (χ4n) is 2.54. The molecule has 0 bridgehead atoms. The third kappa shape index (κ3) is 3.92. The van der Waals surface area contributed by atoms with Gasteiger partial charge in [0.1, 0.15) is 5.01 Å². The molecule has 1 aromatic heterocycles. The molecule has 126 valence electrons. The third-order valence-electron chi connectivity index (χ3n) is 3.67. The maximum atomic E-state index is 12.8. The Morgan fingerprint density at radius 2 is 2.17 bits per heavy atom. The quantitative estimate of drug-likeness (QED) is 0.898. The van der Waals surface area contributed by atoms with Crippen molar-refractivity contribution in [2.75, 3.05) is 19.6 Å². The van der Waals surface area contributed by atoms with E-state index in [1.165, 1.54) is 11.3 Å². The zero-order valence-electron chi connectivity index (χ0n) is 13.0. The highest BCUT2D eigenvalue weighted by atomic mass is 35.5. The number of nitrogens with zero attached hydrogens (tertiary/aromatic N) is 2. The molecule has 0 saturated carbocycles. The molecule has 1 aliphatic heterocycles. The molecule has 5 nitrogen and oxygen atoms in total. The van der Waals surface area contributed by atoms with Crippen LogP contribution in [0.4, 0.5) is 0 Å². The molecule has 0 spiro atoms. The average Bonchev–Trinajstić information content (AvgIpc) is 2.94. The van der Waals surface area contributed by atoms with Gasteiger partial charge in [-0.3, -0.25) is 0 Å². The highest BCUT2D eigenvalue weighted by molar-refractivity contribution is 7.89. The molecule has 1 fully saturated rings. The fraction of sp³-hybridized carbons (Fsp3) is 0.400. The standard InChI is InChI=1S/C15H19N3O2S2.ClH/c1-11-9-18(7-6-16-11)22(19,20)14-5-3-4-13(8-14)15-17-12(2)10-21-15;/h3-5,8,10-11,16H,6-7,9H2,1-2H3;1H/t11-;/m0./s1. The van der Waals surface area contributed by atoms with Gasteiger partial charge in [0, 0.05) is 42.3 Å². The number of nitrogens with one attached hydrogen (secondary N) is 1. The Morgan fingerprint density at radius 1 is 1.39 bits per heavy atom. The van der Waals surface area contributed by atoms with E-state index in [4.69, 9.17) is 0 Å². The van der Waals surface area contributed by atoms with Crippen LogP contribution in [0.3, 0.4) is 0 Å². The van der Waals surface area contributed by atoms with E-state index >= 15 is 0 Å². The molecule has 23 heavy (non-hydrogen) atoms. The van der Waals surface area contributed by atoms with E-state index in [9.17, 15) is 8.42 Å². The van der Waals surface area contributed by atoms with Crippen LogP contribution in [0.2, 0.25) is 0 Å². The van der Waals surface area contributed by atoms with Crippen molar-refractivity contribution in [2.24, 2.45) is 0 Å². The lowest BCUT2D eigenvalue weighted by atomic mass is 10.2. The summed E-state index contributed by atoms with van der Waals surface area (Å²) in [5, 5.41) is 6.08. The Bertz CT molecular complexity index is 777. The van der Waals surface area contributed by atoms with Gasteiger partial charge in [-0.2, -0.15) is 4.31 Å². The Labute approximate surface area is 147 Å². The van der Waals surface area contributed by atoms with E-state index in [-0.39, 0.29) is 18.4 Å². The third-order valence-corrected chi connectivity index (χ3v) is 6.54. The van der Waals surface area contributed by atoms with Crippen molar-refractivity contribution in [1.82, 2.24) is 14.6 Å². The molecule has 1 aromatic carbocycles. The first kappa shape index (κ1) is 18.4. The molecule has 1 N–H and O–H groups in total. The van der Waals surface area contributed by atoms with Crippen molar-refractivity contribution in [2.45, 2.75) is 24.8 Å². The van der Waals surface area contributed by atoms with E-state index < -0.39 is 10.0 Å². The molecule has 3 rings (SSSR count). The summed E-state index contributed by atoms with van der Waals surface area (Å²) in [5.41, 5.74) is 1.80. The van der Waals surface area contributed by atoms with Crippen LogP contribution in [-0.4, -0.2) is 43.4 Å². The number of hydrogen-bond donors (Lipinski definition) is 1. The molecule has 8 heteroatoms. The number of aryl methyl sites for hydroxylation is 1. The van der Waals surface area contributed by atoms with Gasteiger partial charge in [0.05, 0.1) is 4.90 Å². The summed E-state index contributed by atoms with van der Waals surface area (Å²) >= 11 is 1.53. The summed E-state index contributed by atoms with van der Waals surface area (Å²) < 4.78 is 27.2. The first-order chi connectivity index (χ1) is 10.5. The van der Waals surface area contributed by atoms with Crippen LogP contribution in [0.15, 0.2) is 34.5 Å². The average molecular weight is 374 g/mol. The molecular weight excluding hydrogens is 354 g/mol. The van der Waals surface area contributed by atoms with E-state index in [1.807, 2.05) is 25.3 Å². The second kappa shape index (κ2) is 7.27. The lowest BCUT2D eigenvalue weighted by molar-refractivity contribution is 0.310. The predicted molar refractivity (Wildman–Crippen MR) is 95.8 cm³/mol. The van der Waals surface area contributed by atoms with E-state index in [0.717, 1.165) is 16.3 Å². The van der Waals surface area contributed by atoms with Gasteiger partial charge < -0.3 is 5.32 Å². The van der Waals surface area contributed by atoms with Gasteiger partial charge in [-0.15, -0.1) is 23.7 Å². The highest BCUT2D eigenvalue weighted by Gasteiger charge is 2.28. The number of thiazole rings is 1. The molecule has 1 atom stereocenters. The van der Waals surface area contributed by atoms with Crippen LogP contribution in [-0.2, 0) is 10.0 Å². The molecule has 2 heterocycles. The molecule has 0 radical (unpaired) electrons. The Balaban J connectivity index is 0.00000192. The maximum Gasteiger partial charge on any atom is 0.243 e. The molecule has 2 aromatic rings. The first-order valence-electron chi connectivity index (χ1n) is 7.23. The van der Waals surface area contributed by atoms with Gasteiger partial charge in [0.25, 0.3) is 0 Å². The number of sulfonamides is 1. The van der Waals surface area contributed by atoms with Crippen LogP contribution >= 0.6 is 23.7 Å². The van der Waals surface area contributed by atoms with Gasteiger partial charge in [-0.1, -0.05) is 12.1 Å². The lowest BCUT2D eigenvalue weighted by Gasteiger charge is -2.31. The van der Waals surface area contributed by atoms with Crippen LogP contribution in [0.5, 0.6) is 0 Å². The number of piperazine rings is 1. The Hall–Kier alpha value is -0.990. The van der Waals surface area contributed by atoms with Gasteiger partial charge in [0.2, 0.25) is 10.0 Å². The summed E-state index contributed by atoms with van der Waals surface area (Å²) in [6, 6.07) is 7.24. The Kier molecular flexibility index (Phi) is 5.80. The van der Waals surface area contributed by atoms with E-state index in [0.29, 0.717) is 24.5 Å². The van der Waals surface area contributed by atoms with Crippen molar-refractivity contribution < 1.29 is 8.42 Å². The fourth-order valence-corrected chi connectivity index (χ4v) is 4.91. The summed E-state index contributed by atoms with van der Waals surface area (Å²) in [5.74, 6) is 0. The molecular formula is C15H20ClN3O2S2. The zero-order valence-corrected chi connectivity index (χ0v) is 15.5. The number of aromatic nitrogens is 1. The summed E-state index contributed by atoms with van der Waals surface area (Å²) in [7, 11) is -3.45. The second-order valence-electron chi connectivity index (χ2n) is 5.54. The topological polar surface area (TPSA) is 62.3 Å². The number of hydrogen-bond acceptors (Lipinski definition) is 5. The van der Waals surface area contributed by atoms with Gasteiger partial charge in [0.15, 0.2) is 0 Å². The number of rotatable bonds is 3. The molecule has 1 saturated heterocycles. The summed E-state index contributed by atoms with van der Waals surface area (Å²) in [6.45, 7) is 5.63. The maximum absolute atomic E-state index is 12.8. The SMILES string of the molecule is Cc1csc(-c2cccc(S(=O)(=O)N3CCN[C@@H](C)C3)c2)n1.Cl. The predicted octanol–water partition coefficient (Wildman–Crippen LogP) is 2.52. The monoisotopic (exact) mass is 373 g/mol. The minimum atomic E-state index is -3.45. The van der Waals surface area contributed by atoms with Gasteiger partial charge in [-0.25, -0.2) is 13.4 Å². The van der Waals surface area contributed by atoms with Crippen molar-refractivity contribution in [3.05, 3.63) is 35.3 Å². The van der Waals surface area contributed by atoms with Crippen LogP contribution < -0.4 is 5.32 Å².